The molecule has 0 saturated carbocycles. The van der Waals surface area contributed by atoms with Crippen LogP contribution in [-0.4, -0.2) is 43.2 Å². The smallest absolute Gasteiger partial charge is 0.296 e. The number of amides is 1. The van der Waals surface area contributed by atoms with Gasteiger partial charge in [0.05, 0.1) is 18.0 Å². The molecule has 0 aliphatic rings. The van der Waals surface area contributed by atoms with Crippen molar-refractivity contribution in [3.8, 4) is 28.9 Å². The number of para-hydroxylation sites is 2. The molecule has 4 aromatic rings. The molecule has 0 spiro atoms. The highest BCUT2D eigenvalue weighted by Crippen LogP contribution is 2.26. The number of carbonyl (C=O) groups excluding carboxylic acids is 1. The summed E-state index contributed by atoms with van der Waals surface area (Å²) in [7, 11) is 1.78. The number of rotatable bonds is 8. The number of ether oxygens (including phenoxy) is 1. The van der Waals surface area contributed by atoms with Gasteiger partial charge in [-0.1, -0.05) is 59.4 Å². The normalized spacial score (nSPS) is 10.8. The number of aromatic nitrogens is 5. The monoisotopic (exact) mass is 436 g/mol. The molecule has 0 aliphatic heterocycles. The zero-order chi connectivity index (χ0) is 21.6. The predicted molar refractivity (Wildman–Crippen MR) is 117 cm³/mol. The summed E-state index contributed by atoms with van der Waals surface area (Å²) in [5.41, 5.74) is 1.48. The van der Waals surface area contributed by atoms with Gasteiger partial charge in [-0.2, -0.15) is 4.98 Å². The van der Waals surface area contributed by atoms with Crippen LogP contribution in [0.4, 0.5) is 5.69 Å². The van der Waals surface area contributed by atoms with Gasteiger partial charge in [-0.05, 0) is 19.1 Å². The standard InChI is InChI=1S/C21H20N6O3S/c1-3-29-16-12-8-7-11-15(16)22-17(28)13-31-21-25-24-19(27(21)2)20-23-18(26-30-20)14-9-5-4-6-10-14/h4-12H,3,13H2,1-2H3,(H,22,28). The fourth-order valence-corrected chi connectivity index (χ4v) is 3.52. The SMILES string of the molecule is CCOc1ccccc1NC(=O)CSc1nnc(-c2nc(-c3ccccc3)no2)n1C. The molecule has 10 heteroatoms. The van der Waals surface area contributed by atoms with E-state index in [1.54, 1.807) is 17.7 Å². The van der Waals surface area contributed by atoms with Gasteiger partial charge in [0.15, 0.2) is 5.16 Å². The van der Waals surface area contributed by atoms with Crippen LogP contribution in [0.2, 0.25) is 0 Å². The first-order chi connectivity index (χ1) is 15.2. The van der Waals surface area contributed by atoms with Gasteiger partial charge in [0, 0.05) is 12.6 Å². The molecule has 0 atom stereocenters. The van der Waals surface area contributed by atoms with Crippen LogP contribution >= 0.6 is 11.8 Å². The van der Waals surface area contributed by atoms with Crippen molar-refractivity contribution in [1.29, 1.82) is 0 Å². The van der Waals surface area contributed by atoms with Gasteiger partial charge in [-0.15, -0.1) is 10.2 Å². The highest BCUT2D eigenvalue weighted by Gasteiger charge is 2.19. The van der Waals surface area contributed by atoms with Crippen molar-refractivity contribution in [1.82, 2.24) is 24.9 Å². The Morgan fingerprint density at radius 2 is 1.90 bits per heavy atom. The number of thioether (sulfide) groups is 1. The summed E-state index contributed by atoms with van der Waals surface area (Å²) in [4.78, 5) is 16.8. The van der Waals surface area contributed by atoms with Crippen LogP contribution in [0.25, 0.3) is 23.1 Å². The Kier molecular flexibility index (Phi) is 6.27. The highest BCUT2D eigenvalue weighted by atomic mass is 32.2. The minimum atomic E-state index is -0.175. The first-order valence-corrected chi connectivity index (χ1v) is 10.6. The fourth-order valence-electron chi connectivity index (χ4n) is 2.81. The summed E-state index contributed by atoms with van der Waals surface area (Å²) in [6, 6.07) is 16.8. The molecule has 2 heterocycles. The first-order valence-electron chi connectivity index (χ1n) is 9.59. The highest BCUT2D eigenvalue weighted by molar-refractivity contribution is 7.99. The summed E-state index contributed by atoms with van der Waals surface area (Å²) in [6.07, 6.45) is 0. The van der Waals surface area contributed by atoms with Gasteiger partial charge in [0.25, 0.3) is 5.89 Å². The molecule has 4 rings (SSSR count). The summed E-state index contributed by atoms with van der Waals surface area (Å²) >= 11 is 1.26. The quantitative estimate of drug-likeness (QED) is 0.417. The Balaban J connectivity index is 1.41. The molecular formula is C21H20N6O3S. The van der Waals surface area contributed by atoms with Crippen LogP contribution in [0.5, 0.6) is 5.75 Å². The largest absolute Gasteiger partial charge is 0.492 e. The van der Waals surface area contributed by atoms with Crippen molar-refractivity contribution in [3.05, 3.63) is 54.6 Å². The van der Waals surface area contributed by atoms with E-state index in [1.807, 2.05) is 55.5 Å². The number of carbonyl (C=O) groups is 1. The van der Waals surface area contributed by atoms with E-state index in [0.717, 1.165) is 5.56 Å². The molecule has 2 aromatic heterocycles. The maximum absolute atomic E-state index is 12.4. The molecule has 1 amide bonds. The van der Waals surface area contributed by atoms with E-state index in [9.17, 15) is 4.79 Å². The Bertz CT molecular complexity index is 1170. The Hall–Kier alpha value is -3.66. The third-order valence-corrected chi connectivity index (χ3v) is 5.30. The number of hydrogen-bond donors (Lipinski definition) is 1. The minimum absolute atomic E-state index is 0.158. The van der Waals surface area contributed by atoms with Crippen LogP contribution in [0.15, 0.2) is 64.3 Å². The van der Waals surface area contributed by atoms with Gasteiger partial charge in [-0.25, -0.2) is 0 Å². The zero-order valence-corrected chi connectivity index (χ0v) is 17.8. The summed E-state index contributed by atoms with van der Waals surface area (Å²) in [6.45, 7) is 2.41. The van der Waals surface area contributed by atoms with Crippen molar-refractivity contribution in [3.63, 3.8) is 0 Å². The molecule has 158 valence electrons. The average Bonchev–Trinajstić information content (AvgIpc) is 3.41. The maximum Gasteiger partial charge on any atom is 0.296 e. The van der Waals surface area contributed by atoms with Crippen LogP contribution in [0.1, 0.15) is 6.92 Å². The summed E-state index contributed by atoms with van der Waals surface area (Å²) in [5.74, 6) is 1.78. The maximum atomic E-state index is 12.4. The second-order valence-electron chi connectivity index (χ2n) is 6.42. The molecule has 9 nitrogen and oxygen atoms in total. The molecular weight excluding hydrogens is 416 g/mol. The molecule has 0 bridgehead atoms. The van der Waals surface area contributed by atoms with Crippen LogP contribution < -0.4 is 10.1 Å². The van der Waals surface area contributed by atoms with Crippen molar-refractivity contribution in [2.45, 2.75) is 12.1 Å². The number of benzene rings is 2. The predicted octanol–water partition coefficient (Wildman–Crippen LogP) is 3.66. The van der Waals surface area contributed by atoms with E-state index in [-0.39, 0.29) is 17.6 Å². The summed E-state index contributed by atoms with van der Waals surface area (Å²) < 4.78 is 12.6. The minimum Gasteiger partial charge on any atom is -0.492 e. The van der Waals surface area contributed by atoms with Gasteiger partial charge >= 0.3 is 0 Å². The van der Waals surface area contributed by atoms with Crippen molar-refractivity contribution >= 4 is 23.4 Å². The number of nitrogens with one attached hydrogen (secondary N) is 1. The van der Waals surface area contributed by atoms with Gasteiger partial charge in [0.2, 0.25) is 17.6 Å². The summed E-state index contributed by atoms with van der Waals surface area (Å²) in [5, 5.41) is 15.7. The van der Waals surface area contributed by atoms with Crippen LogP contribution in [0.3, 0.4) is 0 Å². The molecule has 0 saturated heterocycles. The lowest BCUT2D eigenvalue weighted by atomic mass is 10.2. The van der Waals surface area contributed by atoms with Crippen LogP contribution in [0, 0.1) is 0 Å². The number of anilines is 1. The Morgan fingerprint density at radius 3 is 2.71 bits per heavy atom. The third kappa shape index (κ3) is 4.75. The molecule has 0 radical (unpaired) electrons. The van der Waals surface area contributed by atoms with E-state index in [4.69, 9.17) is 9.26 Å². The van der Waals surface area contributed by atoms with E-state index >= 15 is 0 Å². The lowest BCUT2D eigenvalue weighted by Crippen LogP contribution is -2.15. The van der Waals surface area contributed by atoms with Gasteiger partial charge < -0.3 is 19.1 Å². The molecule has 0 unspecified atom stereocenters. The van der Waals surface area contributed by atoms with Crippen molar-refractivity contribution in [2.24, 2.45) is 7.05 Å². The molecule has 31 heavy (non-hydrogen) atoms. The van der Waals surface area contributed by atoms with E-state index in [1.165, 1.54) is 11.8 Å². The second kappa shape index (κ2) is 9.43. The number of hydrogen-bond acceptors (Lipinski definition) is 8. The molecule has 0 aliphatic carbocycles. The van der Waals surface area contributed by atoms with Gasteiger partial charge in [-0.3, -0.25) is 4.79 Å². The fraction of sp³-hybridized carbons (Fsp3) is 0.190. The third-order valence-electron chi connectivity index (χ3n) is 4.28. The lowest BCUT2D eigenvalue weighted by molar-refractivity contribution is -0.113. The Labute approximate surface area is 182 Å². The lowest BCUT2D eigenvalue weighted by Gasteiger charge is -2.10. The second-order valence-corrected chi connectivity index (χ2v) is 7.36. The topological polar surface area (TPSA) is 108 Å². The molecule has 1 N–H and O–H groups in total. The molecule has 0 fully saturated rings. The van der Waals surface area contributed by atoms with Crippen molar-refractivity contribution in [2.75, 3.05) is 17.7 Å². The Morgan fingerprint density at radius 1 is 1.13 bits per heavy atom. The van der Waals surface area contributed by atoms with Crippen molar-refractivity contribution < 1.29 is 14.1 Å². The zero-order valence-electron chi connectivity index (χ0n) is 17.0. The molecule has 2 aromatic carbocycles. The van der Waals surface area contributed by atoms with Gasteiger partial charge in [0.1, 0.15) is 5.75 Å². The van der Waals surface area contributed by atoms with E-state index < -0.39 is 0 Å². The van der Waals surface area contributed by atoms with E-state index in [0.29, 0.717) is 34.8 Å². The number of nitrogens with zero attached hydrogens (tertiary/aromatic N) is 5. The first kappa shape index (κ1) is 20.6. The van der Waals surface area contributed by atoms with E-state index in [2.05, 4.69) is 25.7 Å². The average molecular weight is 436 g/mol. The van der Waals surface area contributed by atoms with Crippen LogP contribution in [-0.2, 0) is 11.8 Å².